The predicted octanol–water partition coefficient (Wildman–Crippen LogP) is 2.37. The van der Waals surface area contributed by atoms with Crippen molar-refractivity contribution < 1.29 is 5.11 Å². The molecule has 0 fully saturated rings. The van der Waals surface area contributed by atoms with Crippen LogP contribution in [-0.4, -0.2) is 10.5 Å². The van der Waals surface area contributed by atoms with Crippen LogP contribution in [0.5, 0.6) is 0 Å². The number of aliphatic hydroxyl groups excluding tert-OH is 1. The Kier molecular flexibility index (Phi) is 3.40. The van der Waals surface area contributed by atoms with Crippen molar-refractivity contribution in [2.45, 2.75) is 11.8 Å². The number of alkyl halides is 1. The van der Waals surface area contributed by atoms with E-state index >= 15 is 0 Å². The van der Waals surface area contributed by atoms with E-state index in [1.54, 1.807) is 0 Å². The van der Waals surface area contributed by atoms with E-state index in [0.29, 0.717) is 6.42 Å². The van der Waals surface area contributed by atoms with Crippen molar-refractivity contribution in [3.05, 3.63) is 42.5 Å². The van der Waals surface area contributed by atoms with E-state index in [0.717, 1.165) is 12.2 Å². The maximum Gasteiger partial charge on any atom is 0.0980 e. The van der Waals surface area contributed by atoms with E-state index in [2.05, 4.69) is 0 Å². The molecule has 0 aliphatic heterocycles. The Morgan fingerprint density at radius 2 is 2.00 bits per heavy atom. The molecule has 1 rings (SSSR count). The Labute approximate surface area is 71.6 Å². The largest absolute Gasteiger partial charge is 0.389 e. The minimum absolute atomic E-state index is 0.280. The first-order valence-electron chi connectivity index (χ1n) is 3.48. The molecule has 59 valence electrons. The van der Waals surface area contributed by atoms with Gasteiger partial charge in [0.05, 0.1) is 12.0 Å². The Hall–Kier alpha value is -0.530. The van der Waals surface area contributed by atoms with Gasteiger partial charge in [-0.2, -0.15) is 0 Å². The zero-order valence-corrected chi connectivity index (χ0v) is 6.83. The first-order valence-corrected chi connectivity index (χ1v) is 3.92. The topological polar surface area (TPSA) is 20.2 Å². The van der Waals surface area contributed by atoms with Crippen LogP contribution in [0.4, 0.5) is 0 Å². The van der Waals surface area contributed by atoms with Crippen LogP contribution in [-0.2, 0) is 6.42 Å². The second-order valence-corrected chi connectivity index (χ2v) is 2.92. The summed E-state index contributed by atoms with van der Waals surface area (Å²) in [4.78, 5) is 0. The van der Waals surface area contributed by atoms with Crippen molar-refractivity contribution in [2.75, 3.05) is 0 Å². The van der Waals surface area contributed by atoms with Crippen LogP contribution >= 0.6 is 11.6 Å². The fourth-order valence-electron chi connectivity index (χ4n) is 0.892. The molecular formula is C9H10ClO. The summed E-state index contributed by atoms with van der Waals surface area (Å²) in [5.74, 6) is 0. The van der Waals surface area contributed by atoms with Gasteiger partial charge in [-0.25, -0.2) is 0 Å². The quantitative estimate of drug-likeness (QED) is 0.689. The third kappa shape index (κ3) is 2.91. The molecule has 1 radical (unpaired) electrons. The summed E-state index contributed by atoms with van der Waals surface area (Å²) in [6, 6.07) is 9.83. The van der Waals surface area contributed by atoms with Crippen molar-refractivity contribution in [2.24, 2.45) is 0 Å². The fraction of sp³-hybridized carbons (Fsp3) is 0.222. The molecule has 0 aliphatic rings. The zero-order valence-electron chi connectivity index (χ0n) is 6.07. The van der Waals surface area contributed by atoms with E-state index in [1.165, 1.54) is 0 Å². The van der Waals surface area contributed by atoms with Crippen molar-refractivity contribution in [1.82, 2.24) is 0 Å². The fourth-order valence-corrected chi connectivity index (χ4v) is 1.07. The normalized spacial score (nSPS) is 12.9. The molecule has 0 heterocycles. The van der Waals surface area contributed by atoms with Gasteiger partial charge in [0.25, 0.3) is 0 Å². The first kappa shape index (κ1) is 8.57. The van der Waals surface area contributed by atoms with Crippen molar-refractivity contribution in [1.29, 1.82) is 0 Å². The Morgan fingerprint density at radius 1 is 1.36 bits per heavy atom. The second-order valence-electron chi connectivity index (χ2n) is 2.35. The first-order chi connectivity index (χ1) is 5.33. The average molecular weight is 170 g/mol. The standard InChI is InChI=1S/C9H10ClO/c10-9(7-11)6-8-4-2-1-3-5-8/h1-5,7,9,11H,6H2. The molecule has 0 bridgehead atoms. The van der Waals surface area contributed by atoms with Crippen molar-refractivity contribution in [3.63, 3.8) is 0 Å². The van der Waals surface area contributed by atoms with Gasteiger partial charge < -0.3 is 5.11 Å². The van der Waals surface area contributed by atoms with Crippen LogP contribution in [0.25, 0.3) is 0 Å². The smallest absolute Gasteiger partial charge is 0.0980 e. The summed E-state index contributed by atoms with van der Waals surface area (Å²) in [6.07, 6.45) is 0.679. The van der Waals surface area contributed by atoms with E-state index in [9.17, 15) is 0 Å². The highest BCUT2D eigenvalue weighted by Gasteiger charge is 2.02. The van der Waals surface area contributed by atoms with Crippen LogP contribution < -0.4 is 0 Å². The molecule has 2 heteroatoms. The second kappa shape index (κ2) is 4.37. The van der Waals surface area contributed by atoms with Crippen LogP contribution in [0, 0.1) is 6.61 Å². The van der Waals surface area contributed by atoms with Crippen LogP contribution in [0.3, 0.4) is 0 Å². The molecule has 1 atom stereocenters. The van der Waals surface area contributed by atoms with E-state index < -0.39 is 0 Å². The lowest BCUT2D eigenvalue weighted by molar-refractivity contribution is 0.377. The van der Waals surface area contributed by atoms with Crippen molar-refractivity contribution in [3.8, 4) is 0 Å². The summed E-state index contributed by atoms with van der Waals surface area (Å²) < 4.78 is 0. The molecule has 0 amide bonds. The third-order valence-electron chi connectivity index (χ3n) is 1.44. The van der Waals surface area contributed by atoms with Crippen LogP contribution in [0.2, 0.25) is 0 Å². The SMILES string of the molecule is O[CH]C(Cl)Cc1ccccc1. The molecule has 0 spiro atoms. The van der Waals surface area contributed by atoms with Crippen LogP contribution in [0.15, 0.2) is 30.3 Å². The Morgan fingerprint density at radius 3 is 2.55 bits per heavy atom. The zero-order chi connectivity index (χ0) is 8.10. The Balaban J connectivity index is 2.51. The molecule has 0 aromatic heterocycles. The van der Waals surface area contributed by atoms with Gasteiger partial charge in [-0.3, -0.25) is 0 Å². The lowest BCUT2D eigenvalue weighted by Crippen LogP contribution is -2.02. The molecule has 1 unspecified atom stereocenters. The monoisotopic (exact) mass is 169 g/mol. The molecule has 1 nitrogen and oxygen atoms in total. The molecule has 1 aromatic rings. The maximum atomic E-state index is 8.54. The van der Waals surface area contributed by atoms with Gasteiger partial charge in [0.15, 0.2) is 0 Å². The number of hydrogen-bond donors (Lipinski definition) is 1. The van der Waals surface area contributed by atoms with E-state index in [4.69, 9.17) is 16.7 Å². The highest BCUT2D eigenvalue weighted by Crippen LogP contribution is 2.08. The van der Waals surface area contributed by atoms with Crippen LogP contribution in [0.1, 0.15) is 5.56 Å². The molecular weight excluding hydrogens is 160 g/mol. The molecule has 0 aliphatic carbocycles. The Bertz CT molecular complexity index is 198. The lowest BCUT2D eigenvalue weighted by atomic mass is 10.1. The number of halogens is 1. The maximum absolute atomic E-state index is 8.54. The molecule has 1 aromatic carbocycles. The molecule has 11 heavy (non-hydrogen) atoms. The number of benzene rings is 1. The van der Waals surface area contributed by atoms with E-state index in [-0.39, 0.29) is 5.38 Å². The average Bonchev–Trinajstić information content (AvgIpc) is 2.06. The minimum Gasteiger partial charge on any atom is -0.389 e. The molecule has 1 N–H and O–H groups in total. The summed E-state index contributed by atoms with van der Waals surface area (Å²) in [7, 11) is 0. The van der Waals surface area contributed by atoms with Gasteiger partial charge >= 0.3 is 0 Å². The van der Waals surface area contributed by atoms with E-state index in [1.807, 2.05) is 30.3 Å². The van der Waals surface area contributed by atoms with Crippen molar-refractivity contribution >= 4 is 11.6 Å². The summed E-state index contributed by atoms with van der Waals surface area (Å²) >= 11 is 5.69. The molecule has 0 saturated heterocycles. The summed E-state index contributed by atoms with van der Waals surface area (Å²) in [5, 5.41) is 8.26. The summed E-state index contributed by atoms with van der Waals surface area (Å²) in [6.45, 7) is 1.01. The highest BCUT2D eigenvalue weighted by atomic mass is 35.5. The van der Waals surface area contributed by atoms with Gasteiger partial charge in [-0.15, -0.1) is 11.6 Å². The third-order valence-corrected chi connectivity index (χ3v) is 1.70. The number of aliphatic hydroxyl groups is 1. The summed E-state index contributed by atoms with van der Waals surface area (Å²) in [5.41, 5.74) is 1.14. The number of rotatable bonds is 3. The molecule has 0 saturated carbocycles. The number of hydrogen-bond acceptors (Lipinski definition) is 1. The van der Waals surface area contributed by atoms with Gasteiger partial charge in [-0.05, 0) is 12.0 Å². The minimum atomic E-state index is -0.280. The van der Waals surface area contributed by atoms with Gasteiger partial charge in [0.2, 0.25) is 0 Å². The highest BCUT2D eigenvalue weighted by molar-refractivity contribution is 6.21. The predicted molar refractivity (Wildman–Crippen MR) is 46.0 cm³/mol. The van der Waals surface area contributed by atoms with Gasteiger partial charge in [0, 0.05) is 0 Å². The van der Waals surface area contributed by atoms with Gasteiger partial charge in [-0.1, -0.05) is 30.3 Å². The lowest BCUT2D eigenvalue weighted by Gasteiger charge is -2.03. The van der Waals surface area contributed by atoms with Gasteiger partial charge in [0.1, 0.15) is 0 Å².